The van der Waals surface area contributed by atoms with E-state index in [0.29, 0.717) is 23.5 Å². The number of aromatic nitrogens is 1. The molecule has 2 N–H and O–H groups in total. The molecule has 8 heteroatoms. The summed E-state index contributed by atoms with van der Waals surface area (Å²) in [6, 6.07) is 1.49. The van der Waals surface area contributed by atoms with Crippen molar-refractivity contribution in [3.05, 3.63) is 15.4 Å². The number of nitrogens with one attached hydrogen (secondary N) is 2. The lowest BCUT2D eigenvalue weighted by Gasteiger charge is -2.12. The topological polar surface area (TPSA) is 103 Å². The SMILES string of the molecule is CCC(CC#N)NS(=O)(=O)c1sc(=O)[nH]c1C. The highest BCUT2D eigenvalue weighted by atomic mass is 32.2. The van der Waals surface area contributed by atoms with Gasteiger partial charge in [0.1, 0.15) is 0 Å². The van der Waals surface area contributed by atoms with E-state index < -0.39 is 20.9 Å². The van der Waals surface area contributed by atoms with Crippen LogP contribution in [-0.2, 0) is 10.0 Å². The summed E-state index contributed by atoms with van der Waals surface area (Å²) >= 11 is 0.647. The highest BCUT2D eigenvalue weighted by Crippen LogP contribution is 2.16. The fraction of sp³-hybridized carbons (Fsp3) is 0.556. The molecule has 0 fully saturated rings. The molecular weight excluding hydrogens is 262 g/mol. The van der Waals surface area contributed by atoms with Crippen LogP contribution in [0.2, 0.25) is 0 Å². The minimum atomic E-state index is -3.72. The Morgan fingerprint density at radius 2 is 2.24 bits per heavy atom. The summed E-state index contributed by atoms with van der Waals surface area (Å²) in [6.07, 6.45) is 0.624. The van der Waals surface area contributed by atoms with Crippen molar-refractivity contribution in [2.45, 2.75) is 36.9 Å². The van der Waals surface area contributed by atoms with Crippen molar-refractivity contribution in [2.24, 2.45) is 0 Å². The van der Waals surface area contributed by atoms with E-state index in [9.17, 15) is 13.2 Å². The molecule has 0 bridgehead atoms. The maximum Gasteiger partial charge on any atom is 0.305 e. The number of rotatable bonds is 5. The highest BCUT2D eigenvalue weighted by molar-refractivity contribution is 7.91. The van der Waals surface area contributed by atoms with E-state index >= 15 is 0 Å². The van der Waals surface area contributed by atoms with E-state index in [4.69, 9.17) is 5.26 Å². The van der Waals surface area contributed by atoms with Crippen molar-refractivity contribution >= 4 is 21.4 Å². The number of aryl methyl sites for hydroxylation is 1. The first-order valence-corrected chi connectivity index (χ1v) is 7.29. The summed E-state index contributed by atoms with van der Waals surface area (Å²) in [5, 5.41) is 8.56. The molecule has 1 aromatic rings. The predicted molar refractivity (Wildman–Crippen MR) is 64.3 cm³/mol. The van der Waals surface area contributed by atoms with Gasteiger partial charge in [0.05, 0.1) is 12.5 Å². The normalized spacial score (nSPS) is 13.2. The average molecular weight is 275 g/mol. The van der Waals surface area contributed by atoms with E-state index in [-0.39, 0.29) is 10.6 Å². The molecule has 6 nitrogen and oxygen atoms in total. The largest absolute Gasteiger partial charge is 0.315 e. The van der Waals surface area contributed by atoms with Crippen molar-refractivity contribution < 1.29 is 8.42 Å². The molecule has 0 spiro atoms. The fourth-order valence-corrected chi connectivity index (χ4v) is 3.94. The molecule has 0 aliphatic rings. The number of thiazole rings is 1. The van der Waals surface area contributed by atoms with Crippen LogP contribution in [-0.4, -0.2) is 19.4 Å². The average Bonchev–Trinajstić information content (AvgIpc) is 2.57. The zero-order valence-electron chi connectivity index (χ0n) is 9.48. The molecule has 17 heavy (non-hydrogen) atoms. The molecular formula is C9H13N3O3S2. The van der Waals surface area contributed by atoms with Crippen LogP contribution in [0.1, 0.15) is 25.5 Å². The van der Waals surface area contributed by atoms with Gasteiger partial charge in [0.2, 0.25) is 0 Å². The molecule has 1 unspecified atom stereocenters. The number of hydrogen-bond donors (Lipinski definition) is 2. The van der Waals surface area contributed by atoms with Gasteiger partial charge in [0.15, 0.2) is 4.21 Å². The quantitative estimate of drug-likeness (QED) is 0.826. The minimum Gasteiger partial charge on any atom is -0.315 e. The van der Waals surface area contributed by atoms with Crippen LogP contribution >= 0.6 is 11.3 Å². The highest BCUT2D eigenvalue weighted by Gasteiger charge is 2.23. The van der Waals surface area contributed by atoms with E-state index in [2.05, 4.69) is 9.71 Å². The zero-order valence-corrected chi connectivity index (χ0v) is 11.1. The van der Waals surface area contributed by atoms with Crippen LogP contribution in [0.5, 0.6) is 0 Å². The molecule has 0 aliphatic heterocycles. The van der Waals surface area contributed by atoms with Gasteiger partial charge in [-0.3, -0.25) is 4.79 Å². The fourth-order valence-electron chi connectivity index (χ4n) is 1.30. The summed E-state index contributed by atoms with van der Waals surface area (Å²) in [6.45, 7) is 3.31. The van der Waals surface area contributed by atoms with Gasteiger partial charge in [-0.05, 0) is 13.3 Å². The first kappa shape index (κ1) is 13.9. The number of hydrogen-bond acceptors (Lipinski definition) is 5. The number of sulfonamides is 1. The van der Waals surface area contributed by atoms with Crippen LogP contribution in [0.4, 0.5) is 0 Å². The third kappa shape index (κ3) is 3.39. The Hall–Kier alpha value is -1.17. The first-order chi connectivity index (χ1) is 7.90. The van der Waals surface area contributed by atoms with Crippen LogP contribution in [0.25, 0.3) is 0 Å². The Morgan fingerprint density at radius 3 is 2.65 bits per heavy atom. The van der Waals surface area contributed by atoms with Gasteiger partial charge in [-0.25, -0.2) is 13.1 Å². The maximum absolute atomic E-state index is 11.9. The summed E-state index contributed by atoms with van der Waals surface area (Å²) in [5.74, 6) is 0. The van der Waals surface area contributed by atoms with E-state index in [1.54, 1.807) is 6.92 Å². The molecule has 0 saturated heterocycles. The van der Waals surface area contributed by atoms with E-state index in [1.807, 2.05) is 6.07 Å². The first-order valence-electron chi connectivity index (χ1n) is 4.99. The van der Waals surface area contributed by atoms with Gasteiger partial charge < -0.3 is 4.98 Å². The minimum absolute atomic E-state index is 0.0149. The third-order valence-corrected chi connectivity index (χ3v) is 5.30. The number of aromatic amines is 1. The van der Waals surface area contributed by atoms with Gasteiger partial charge in [0, 0.05) is 11.7 Å². The zero-order chi connectivity index (χ0) is 13.1. The molecule has 0 aliphatic carbocycles. The second-order valence-corrected chi connectivity index (χ2v) is 6.41. The predicted octanol–water partition coefficient (Wildman–Crippen LogP) is 0.715. The van der Waals surface area contributed by atoms with Gasteiger partial charge in [-0.2, -0.15) is 5.26 Å². The Bertz CT molecular complexity index is 579. The number of nitrogens with zero attached hydrogens (tertiary/aromatic N) is 1. The molecule has 0 aromatic carbocycles. The van der Waals surface area contributed by atoms with Crippen LogP contribution in [0.15, 0.2) is 9.00 Å². The lowest BCUT2D eigenvalue weighted by molar-refractivity contribution is 0.544. The Labute approximate surface area is 103 Å². The monoisotopic (exact) mass is 275 g/mol. The molecule has 1 atom stereocenters. The Kier molecular flexibility index (Phi) is 4.45. The van der Waals surface area contributed by atoms with Gasteiger partial charge >= 0.3 is 4.87 Å². The second kappa shape index (κ2) is 5.44. The summed E-state index contributed by atoms with van der Waals surface area (Å²) < 4.78 is 26.3. The lowest BCUT2D eigenvalue weighted by atomic mass is 10.2. The van der Waals surface area contributed by atoms with Crippen LogP contribution in [0.3, 0.4) is 0 Å². The van der Waals surface area contributed by atoms with Crippen molar-refractivity contribution in [3.8, 4) is 6.07 Å². The molecule has 1 rings (SSSR count). The molecule has 1 heterocycles. The molecule has 0 radical (unpaired) electrons. The van der Waals surface area contributed by atoms with Crippen molar-refractivity contribution in [1.82, 2.24) is 9.71 Å². The molecule has 0 amide bonds. The van der Waals surface area contributed by atoms with E-state index in [1.165, 1.54) is 6.92 Å². The Balaban J connectivity index is 3.01. The van der Waals surface area contributed by atoms with Gasteiger partial charge in [-0.1, -0.05) is 18.3 Å². The van der Waals surface area contributed by atoms with Crippen LogP contribution in [0, 0.1) is 18.3 Å². The molecule has 94 valence electrons. The van der Waals surface area contributed by atoms with Gasteiger partial charge in [-0.15, -0.1) is 0 Å². The van der Waals surface area contributed by atoms with Crippen molar-refractivity contribution in [2.75, 3.05) is 0 Å². The number of H-pyrrole nitrogens is 1. The third-order valence-electron chi connectivity index (χ3n) is 2.18. The smallest absolute Gasteiger partial charge is 0.305 e. The molecule has 0 saturated carbocycles. The molecule has 1 aromatic heterocycles. The summed E-state index contributed by atoms with van der Waals surface area (Å²) in [7, 11) is -3.72. The lowest BCUT2D eigenvalue weighted by Crippen LogP contribution is -2.34. The summed E-state index contributed by atoms with van der Waals surface area (Å²) in [4.78, 5) is 13.1. The summed E-state index contributed by atoms with van der Waals surface area (Å²) in [5.41, 5.74) is 0.319. The maximum atomic E-state index is 11.9. The number of nitriles is 1. The van der Waals surface area contributed by atoms with Gasteiger partial charge in [0.25, 0.3) is 10.0 Å². The Morgan fingerprint density at radius 1 is 1.59 bits per heavy atom. The van der Waals surface area contributed by atoms with E-state index in [0.717, 1.165) is 0 Å². The van der Waals surface area contributed by atoms with Crippen LogP contribution < -0.4 is 9.60 Å². The standard InChI is InChI=1S/C9H13N3O3S2/c1-3-7(4-5-10)12-17(14,15)8-6(2)11-9(13)16-8/h7,12H,3-4H2,1-2H3,(H,11,13). The van der Waals surface area contributed by atoms with Crippen molar-refractivity contribution in [3.63, 3.8) is 0 Å². The van der Waals surface area contributed by atoms with Crippen molar-refractivity contribution in [1.29, 1.82) is 5.26 Å². The second-order valence-electron chi connectivity index (χ2n) is 3.52.